The third-order valence-corrected chi connectivity index (χ3v) is 6.36. The van der Waals surface area contributed by atoms with Crippen molar-refractivity contribution in [3.8, 4) is 11.5 Å². The number of nitrogens with zero attached hydrogens (tertiary/aromatic N) is 1. The zero-order valence-electron chi connectivity index (χ0n) is 17.9. The van der Waals surface area contributed by atoms with E-state index in [4.69, 9.17) is 21.1 Å². The van der Waals surface area contributed by atoms with Crippen LogP contribution in [0.1, 0.15) is 33.2 Å². The van der Waals surface area contributed by atoms with E-state index in [9.17, 15) is 4.79 Å². The monoisotopic (exact) mass is 446 g/mol. The number of ether oxygens (including phenoxy) is 2. The molecule has 0 saturated heterocycles. The standard InChI is InChI=1S/C26H23ClN2O3/c1-31-22-12-9-17(15-23(22)32-2)26(30)29-14-13-20-19-5-3-4-6-21(19)28-24(20)25(29)16-7-10-18(27)11-8-16/h3-12,15,25,28H,13-14H2,1-2H3/t25-/m1/s1. The Hall–Kier alpha value is -3.44. The summed E-state index contributed by atoms with van der Waals surface area (Å²) in [6.07, 6.45) is 0.780. The van der Waals surface area contributed by atoms with Gasteiger partial charge in [-0.1, -0.05) is 41.9 Å². The first kappa shape index (κ1) is 20.5. The highest BCUT2D eigenvalue weighted by atomic mass is 35.5. The number of hydrogen-bond donors (Lipinski definition) is 1. The number of benzene rings is 3. The first-order chi connectivity index (χ1) is 15.6. The average Bonchev–Trinajstić information content (AvgIpc) is 3.22. The Morgan fingerprint density at radius 2 is 1.75 bits per heavy atom. The van der Waals surface area contributed by atoms with E-state index in [2.05, 4.69) is 23.2 Å². The SMILES string of the molecule is COc1ccc(C(=O)N2CCc3c([nH]c4ccccc34)[C@H]2c2ccc(Cl)cc2)cc1OC. The number of amides is 1. The molecule has 0 unspecified atom stereocenters. The Labute approximate surface area is 191 Å². The maximum atomic E-state index is 13.7. The molecule has 5 rings (SSSR count). The van der Waals surface area contributed by atoms with Crippen molar-refractivity contribution >= 4 is 28.4 Å². The molecule has 0 saturated carbocycles. The van der Waals surface area contributed by atoms with Crippen molar-refractivity contribution in [2.75, 3.05) is 20.8 Å². The molecule has 5 nitrogen and oxygen atoms in total. The Morgan fingerprint density at radius 1 is 1.00 bits per heavy atom. The van der Waals surface area contributed by atoms with E-state index in [0.717, 1.165) is 23.2 Å². The maximum Gasteiger partial charge on any atom is 0.254 e. The summed E-state index contributed by atoms with van der Waals surface area (Å²) in [7, 11) is 3.15. The quantitative estimate of drug-likeness (QED) is 0.442. The number of aromatic nitrogens is 1. The lowest BCUT2D eigenvalue weighted by Gasteiger charge is -2.36. The second kappa shape index (κ2) is 8.24. The number of fused-ring (bicyclic) bond motifs is 3. The molecule has 1 N–H and O–H groups in total. The third-order valence-electron chi connectivity index (χ3n) is 6.11. The van der Waals surface area contributed by atoms with Gasteiger partial charge in [-0.25, -0.2) is 0 Å². The largest absolute Gasteiger partial charge is 0.493 e. The molecule has 0 spiro atoms. The fourth-order valence-electron chi connectivity index (χ4n) is 4.59. The molecule has 1 aliphatic heterocycles. The molecule has 162 valence electrons. The second-order valence-corrected chi connectivity index (χ2v) is 8.27. The summed E-state index contributed by atoms with van der Waals surface area (Å²) in [4.78, 5) is 19.2. The molecule has 1 aliphatic rings. The molecule has 0 fully saturated rings. The van der Waals surface area contributed by atoms with Crippen molar-refractivity contribution in [1.29, 1.82) is 0 Å². The number of carbonyl (C=O) groups is 1. The first-order valence-electron chi connectivity index (χ1n) is 10.5. The topological polar surface area (TPSA) is 54.6 Å². The van der Waals surface area contributed by atoms with Crippen LogP contribution >= 0.6 is 11.6 Å². The Morgan fingerprint density at radius 3 is 2.50 bits per heavy atom. The predicted molar refractivity (Wildman–Crippen MR) is 126 cm³/mol. The first-order valence-corrected chi connectivity index (χ1v) is 10.9. The molecule has 0 radical (unpaired) electrons. The molecule has 3 aromatic carbocycles. The van der Waals surface area contributed by atoms with Crippen LogP contribution in [0.2, 0.25) is 5.02 Å². The van der Waals surface area contributed by atoms with E-state index in [0.29, 0.717) is 28.6 Å². The number of H-pyrrole nitrogens is 1. The van der Waals surface area contributed by atoms with Crippen LogP contribution < -0.4 is 9.47 Å². The van der Waals surface area contributed by atoms with Crippen LogP contribution in [0.15, 0.2) is 66.7 Å². The summed E-state index contributed by atoms with van der Waals surface area (Å²) in [5.74, 6) is 1.06. The number of nitrogens with one attached hydrogen (secondary N) is 1. The van der Waals surface area contributed by atoms with Gasteiger partial charge in [0.2, 0.25) is 0 Å². The molecular formula is C26H23ClN2O3. The molecule has 6 heteroatoms. The number of methoxy groups -OCH3 is 2. The van der Waals surface area contributed by atoms with Crippen LogP contribution in [-0.4, -0.2) is 36.6 Å². The van der Waals surface area contributed by atoms with Gasteiger partial charge < -0.3 is 19.4 Å². The molecule has 1 atom stereocenters. The molecular weight excluding hydrogens is 424 g/mol. The molecule has 1 aromatic heterocycles. The van der Waals surface area contributed by atoms with Crippen LogP contribution in [0, 0.1) is 0 Å². The maximum absolute atomic E-state index is 13.7. The number of rotatable bonds is 4. The minimum atomic E-state index is -0.246. The van der Waals surface area contributed by atoms with E-state index in [1.54, 1.807) is 32.4 Å². The minimum absolute atomic E-state index is 0.0600. The molecule has 4 aromatic rings. The van der Waals surface area contributed by atoms with Crippen LogP contribution in [-0.2, 0) is 6.42 Å². The second-order valence-electron chi connectivity index (χ2n) is 7.84. The van der Waals surface area contributed by atoms with E-state index in [1.807, 2.05) is 35.2 Å². The summed E-state index contributed by atoms with van der Waals surface area (Å²) in [5, 5.41) is 1.87. The highest BCUT2D eigenvalue weighted by molar-refractivity contribution is 6.30. The number of para-hydroxylation sites is 1. The summed E-state index contributed by atoms with van der Waals surface area (Å²) < 4.78 is 10.7. The van der Waals surface area contributed by atoms with Crippen molar-refractivity contribution in [2.24, 2.45) is 0 Å². The van der Waals surface area contributed by atoms with Gasteiger partial charge in [-0.05, 0) is 53.9 Å². The summed E-state index contributed by atoms with van der Waals surface area (Å²) in [6.45, 7) is 0.606. The highest BCUT2D eigenvalue weighted by Crippen LogP contribution is 2.40. The predicted octanol–water partition coefficient (Wildman–Crippen LogP) is 5.63. The van der Waals surface area contributed by atoms with Gasteiger partial charge >= 0.3 is 0 Å². The van der Waals surface area contributed by atoms with Crippen molar-refractivity contribution in [2.45, 2.75) is 12.5 Å². The smallest absolute Gasteiger partial charge is 0.254 e. The fourth-order valence-corrected chi connectivity index (χ4v) is 4.71. The molecule has 0 bridgehead atoms. The van der Waals surface area contributed by atoms with Gasteiger partial charge in [0.1, 0.15) is 0 Å². The van der Waals surface area contributed by atoms with Gasteiger partial charge in [-0.15, -0.1) is 0 Å². The lowest BCUT2D eigenvalue weighted by atomic mass is 9.91. The van der Waals surface area contributed by atoms with Crippen molar-refractivity contribution in [3.63, 3.8) is 0 Å². The van der Waals surface area contributed by atoms with Gasteiger partial charge in [-0.2, -0.15) is 0 Å². The Kier molecular flexibility index (Phi) is 5.27. The van der Waals surface area contributed by atoms with Crippen LogP contribution in [0.3, 0.4) is 0 Å². The minimum Gasteiger partial charge on any atom is -0.493 e. The van der Waals surface area contributed by atoms with E-state index >= 15 is 0 Å². The van der Waals surface area contributed by atoms with Crippen molar-refractivity contribution < 1.29 is 14.3 Å². The zero-order chi connectivity index (χ0) is 22.2. The normalized spacial score (nSPS) is 15.5. The Bertz CT molecular complexity index is 1300. The number of hydrogen-bond acceptors (Lipinski definition) is 3. The van der Waals surface area contributed by atoms with Crippen molar-refractivity contribution in [1.82, 2.24) is 9.88 Å². The van der Waals surface area contributed by atoms with Gasteiger partial charge in [0.05, 0.1) is 20.3 Å². The number of halogens is 1. The summed E-state index contributed by atoms with van der Waals surface area (Å²) >= 11 is 6.16. The summed E-state index contributed by atoms with van der Waals surface area (Å²) in [5.41, 5.74) is 4.96. The fraction of sp³-hybridized carbons (Fsp3) is 0.192. The molecule has 1 amide bonds. The van der Waals surface area contributed by atoms with Gasteiger partial charge in [0, 0.05) is 33.7 Å². The van der Waals surface area contributed by atoms with Gasteiger partial charge in [-0.3, -0.25) is 4.79 Å². The highest BCUT2D eigenvalue weighted by Gasteiger charge is 2.35. The lowest BCUT2D eigenvalue weighted by molar-refractivity contribution is 0.0691. The van der Waals surface area contributed by atoms with Gasteiger partial charge in [0.25, 0.3) is 5.91 Å². The molecule has 32 heavy (non-hydrogen) atoms. The molecule has 0 aliphatic carbocycles. The molecule has 2 heterocycles. The van der Waals surface area contributed by atoms with E-state index < -0.39 is 0 Å². The van der Waals surface area contributed by atoms with Crippen LogP contribution in [0.25, 0.3) is 10.9 Å². The zero-order valence-corrected chi connectivity index (χ0v) is 18.6. The van der Waals surface area contributed by atoms with E-state index in [1.165, 1.54) is 10.9 Å². The van der Waals surface area contributed by atoms with Crippen molar-refractivity contribution in [3.05, 3.63) is 94.1 Å². The average molecular weight is 447 g/mol. The Balaban J connectivity index is 1.62. The number of carbonyl (C=O) groups excluding carboxylic acids is 1. The third kappa shape index (κ3) is 3.39. The summed E-state index contributed by atoms with van der Waals surface area (Å²) in [6, 6.07) is 21.0. The van der Waals surface area contributed by atoms with Crippen LogP contribution in [0.4, 0.5) is 0 Å². The lowest BCUT2D eigenvalue weighted by Crippen LogP contribution is -2.40. The number of aromatic amines is 1. The van der Waals surface area contributed by atoms with Crippen LogP contribution in [0.5, 0.6) is 11.5 Å². The van der Waals surface area contributed by atoms with E-state index in [-0.39, 0.29) is 11.9 Å². The van der Waals surface area contributed by atoms with Gasteiger partial charge in [0.15, 0.2) is 11.5 Å².